The summed E-state index contributed by atoms with van der Waals surface area (Å²) in [5.41, 5.74) is 3.91. The Morgan fingerprint density at radius 1 is 1.36 bits per heavy atom. The summed E-state index contributed by atoms with van der Waals surface area (Å²) in [6, 6.07) is 7.52. The van der Waals surface area contributed by atoms with E-state index in [-0.39, 0.29) is 24.1 Å². The largest absolute Gasteiger partial charge is 0.466 e. The SMILES string of the molecule is CCOC(=O)C/C(C)=N\NC(=O)CSCc1ccccc1Cl. The number of carbonyl (C=O) groups is 2. The Kier molecular flexibility index (Phi) is 8.62. The van der Waals surface area contributed by atoms with Crippen LogP contribution in [0.1, 0.15) is 25.8 Å². The topological polar surface area (TPSA) is 67.8 Å². The molecule has 0 heterocycles. The van der Waals surface area contributed by atoms with Crippen molar-refractivity contribution in [2.24, 2.45) is 5.10 Å². The van der Waals surface area contributed by atoms with Crippen molar-refractivity contribution in [2.75, 3.05) is 12.4 Å². The van der Waals surface area contributed by atoms with Gasteiger partial charge in [-0.05, 0) is 25.5 Å². The maximum atomic E-state index is 11.6. The van der Waals surface area contributed by atoms with Crippen LogP contribution in [-0.2, 0) is 20.1 Å². The molecule has 0 atom stereocenters. The van der Waals surface area contributed by atoms with E-state index in [9.17, 15) is 9.59 Å². The fraction of sp³-hybridized carbons (Fsp3) is 0.400. The maximum Gasteiger partial charge on any atom is 0.311 e. The lowest BCUT2D eigenvalue weighted by molar-refractivity contribution is -0.141. The number of thioether (sulfide) groups is 1. The third-order valence-corrected chi connectivity index (χ3v) is 3.88. The van der Waals surface area contributed by atoms with Gasteiger partial charge in [0.15, 0.2) is 0 Å². The minimum Gasteiger partial charge on any atom is -0.466 e. The second kappa shape index (κ2) is 10.2. The van der Waals surface area contributed by atoms with Gasteiger partial charge >= 0.3 is 5.97 Å². The molecule has 1 N–H and O–H groups in total. The summed E-state index contributed by atoms with van der Waals surface area (Å²) in [4.78, 5) is 22.9. The third kappa shape index (κ3) is 7.47. The van der Waals surface area contributed by atoms with Crippen LogP contribution in [0.25, 0.3) is 0 Å². The summed E-state index contributed by atoms with van der Waals surface area (Å²) in [7, 11) is 0. The monoisotopic (exact) mass is 342 g/mol. The van der Waals surface area contributed by atoms with E-state index in [0.717, 1.165) is 5.56 Å². The maximum absolute atomic E-state index is 11.6. The molecule has 0 spiro atoms. The van der Waals surface area contributed by atoms with Crippen LogP contribution in [0, 0.1) is 0 Å². The molecule has 1 amide bonds. The molecular formula is C15H19ClN2O3S. The number of ether oxygens (including phenoxy) is 1. The number of amides is 1. The zero-order valence-corrected chi connectivity index (χ0v) is 14.2. The van der Waals surface area contributed by atoms with Crippen LogP contribution in [0.2, 0.25) is 5.02 Å². The van der Waals surface area contributed by atoms with E-state index in [1.807, 2.05) is 24.3 Å². The molecule has 22 heavy (non-hydrogen) atoms. The van der Waals surface area contributed by atoms with E-state index >= 15 is 0 Å². The van der Waals surface area contributed by atoms with Crippen molar-refractivity contribution in [1.29, 1.82) is 0 Å². The number of rotatable bonds is 8. The van der Waals surface area contributed by atoms with E-state index in [1.54, 1.807) is 13.8 Å². The third-order valence-electron chi connectivity index (χ3n) is 2.53. The van der Waals surface area contributed by atoms with Gasteiger partial charge in [-0.3, -0.25) is 9.59 Å². The predicted molar refractivity (Wildman–Crippen MR) is 90.1 cm³/mol. The number of nitrogens with zero attached hydrogens (tertiary/aromatic N) is 1. The lowest BCUT2D eigenvalue weighted by atomic mass is 10.2. The first kappa shape index (κ1) is 18.5. The summed E-state index contributed by atoms with van der Waals surface area (Å²) in [6.07, 6.45) is 0.0703. The molecule has 0 aliphatic rings. The molecule has 7 heteroatoms. The highest BCUT2D eigenvalue weighted by Gasteiger charge is 2.06. The number of hydrogen-bond donors (Lipinski definition) is 1. The van der Waals surface area contributed by atoms with Crippen LogP contribution in [0.3, 0.4) is 0 Å². The second-order valence-corrected chi connectivity index (χ2v) is 5.84. The van der Waals surface area contributed by atoms with Gasteiger partial charge in [0, 0.05) is 16.5 Å². The van der Waals surface area contributed by atoms with Gasteiger partial charge in [-0.2, -0.15) is 5.10 Å². The molecule has 0 unspecified atom stereocenters. The average Bonchev–Trinajstić information content (AvgIpc) is 2.47. The minimum atomic E-state index is -0.355. The van der Waals surface area contributed by atoms with Crippen LogP contribution in [0.15, 0.2) is 29.4 Å². The summed E-state index contributed by atoms with van der Waals surface area (Å²) in [5, 5.41) is 4.56. The van der Waals surface area contributed by atoms with Gasteiger partial charge in [0.05, 0.1) is 18.8 Å². The Labute approximate surface area is 139 Å². The van der Waals surface area contributed by atoms with Crippen molar-refractivity contribution in [1.82, 2.24) is 5.43 Å². The zero-order valence-electron chi connectivity index (χ0n) is 12.6. The molecule has 0 saturated carbocycles. The summed E-state index contributed by atoms with van der Waals surface area (Å²) < 4.78 is 4.80. The van der Waals surface area contributed by atoms with Crippen molar-refractivity contribution in [3.8, 4) is 0 Å². The van der Waals surface area contributed by atoms with Crippen molar-refractivity contribution < 1.29 is 14.3 Å². The molecule has 5 nitrogen and oxygen atoms in total. The van der Waals surface area contributed by atoms with Crippen LogP contribution in [0.4, 0.5) is 0 Å². The van der Waals surface area contributed by atoms with Gasteiger partial charge in [-0.15, -0.1) is 11.8 Å². The Morgan fingerprint density at radius 3 is 2.77 bits per heavy atom. The van der Waals surface area contributed by atoms with Gasteiger partial charge < -0.3 is 4.74 Å². The first-order chi connectivity index (χ1) is 10.5. The number of benzene rings is 1. The van der Waals surface area contributed by atoms with Gasteiger partial charge in [0.1, 0.15) is 0 Å². The molecule has 0 aliphatic heterocycles. The fourth-order valence-electron chi connectivity index (χ4n) is 1.52. The standard InChI is InChI=1S/C15H19ClN2O3S/c1-3-21-15(20)8-11(2)17-18-14(19)10-22-9-12-6-4-5-7-13(12)16/h4-7H,3,8-10H2,1-2H3,(H,18,19)/b17-11-. The number of nitrogens with one attached hydrogen (secondary N) is 1. The molecule has 0 fully saturated rings. The molecular weight excluding hydrogens is 324 g/mol. The van der Waals surface area contributed by atoms with Crippen LogP contribution >= 0.6 is 23.4 Å². The summed E-state index contributed by atoms with van der Waals surface area (Å²) in [6.45, 7) is 3.73. The van der Waals surface area contributed by atoms with Gasteiger partial charge in [-0.1, -0.05) is 29.8 Å². The number of carbonyl (C=O) groups excluding carboxylic acids is 2. The molecule has 0 aliphatic carbocycles. The number of hydrogen-bond acceptors (Lipinski definition) is 5. The van der Waals surface area contributed by atoms with E-state index in [0.29, 0.717) is 23.1 Å². The number of halogens is 1. The Morgan fingerprint density at radius 2 is 2.09 bits per heavy atom. The molecule has 0 bridgehead atoms. The lowest BCUT2D eigenvalue weighted by Gasteiger charge is -2.04. The summed E-state index contributed by atoms with van der Waals surface area (Å²) >= 11 is 7.48. The lowest BCUT2D eigenvalue weighted by Crippen LogP contribution is -2.22. The second-order valence-electron chi connectivity index (χ2n) is 4.45. The molecule has 1 aromatic carbocycles. The highest BCUT2D eigenvalue weighted by Crippen LogP contribution is 2.20. The molecule has 0 radical (unpaired) electrons. The zero-order chi connectivity index (χ0) is 16.4. The molecule has 0 saturated heterocycles. The smallest absolute Gasteiger partial charge is 0.311 e. The highest BCUT2D eigenvalue weighted by molar-refractivity contribution is 7.99. The van der Waals surface area contributed by atoms with Gasteiger partial charge in [-0.25, -0.2) is 5.43 Å². The molecule has 1 aromatic rings. The van der Waals surface area contributed by atoms with Crippen LogP contribution < -0.4 is 5.43 Å². The first-order valence-corrected chi connectivity index (χ1v) is 8.35. The molecule has 0 aromatic heterocycles. The van der Waals surface area contributed by atoms with Gasteiger partial charge in [0.2, 0.25) is 5.91 Å². The molecule has 1 rings (SSSR count). The van der Waals surface area contributed by atoms with Crippen molar-refractivity contribution in [2.45, 2.75) is 26.0 Å². The van der Waals surface area contributed by atoms with Crippen molar-refractivity contribution >= 4 is 41.0 Å². The van der Waals surface area contributed by atoms with Crippen LogP contribution in [0.5, 0.6) is 0 Å². The van der Waals surface area contributed by atoms with E-state index < -0.39 is 0 Å². The summed E-state index contributed by atoms with van der Waals surface area (Å²) in [5.74, 6) is 0.339. The van der Waals surface area contributed by atoms with E-state index in [4.69, 9.17) is 16.3 Å². The Hall–Kier alpha value is -1.53. The minimum absolute atomic E-state index is 0.0703. The van der Waals surface area contributed by atoms with Crippen molar-refractivity contribution in [3.63, 3.8) is 0 Å². The van der Waals surface area contributed by atoms with E-state index in [1.165, 1.54) is 11.8 Å². The Balaban J connectivity index is 2.28. The van der Waals surface area contributed by atoms with Crippen LogP contribution in [-0.4, -0.2) is 29.9 Å². The molecule has 120 valence electrons. The predicted octanol–water partition coefficient (Wildman–Crippen LogP) is 3.02. The van der Waals surface area contributed by atoms with E-state index in [2.05, 4.69) is 10.5 Å². The normalized spacial score (nSPS) is 11.1. The van der Waals surface area contributed by atoms with Crippen molar-refractivity contribution in [3.05, 3.63) is 34.9 Å². The quantitative estimate of drug-likeness (QED) is 0.448. The van der Waals surface area contributed by atoms with Gasteiger partial charge in [0.25, 0.3) is 0 Å². The first-order valence-electron chi connectivity index (χ1n) is 6.81. The number of hydrazone groups is 1. The Bertz CT molecular complexity index is 549. The number of esters is 1. The average molecular weight is 343 g/mol. The fourth-order valence-corrected chi connectivity index (χ4v) is 2.63. The highest BCUT2D eigenvalue weighted by atomic mass is 35.5.